The normalized spacial score (nSPS) is 10.9. The first-order chi connectivity index (χ1) is 8.97. The van der Waals surface area contributed by atoms with Gasteiger partial charge in [-0.15, -0.1) is 0 Å². The van der Waals surface area contributed by atoms with Crippen molar-refractivity contribution in [1.29, 1.82) is 0 Å². The first-order valence-corrected chi connectivity index (χ1v) is 6.83. The van der Waals surface area contributed by atoms with Gasteiger partial charge in [-0.05, 0) is 27.4 Å². The van der Waals surface area contributed by atoms with E-state index in [1.165, 1.54) is 5.56 Å². The number of rotatable bonds is 4. The van der Waals surface area contributed by atoms with Crippen molar-refractivity contribution >= 4 is 21.9 Å². The van der Waals surface area contributed by atoms with Crippen LogP contribution in [0.3, 0.4) is 0 Å². The highest BCUT2D eigenvalue weighted by molar-refractivity contribution is 9.10. The highest BCUT2D eigenvalue weighted by Crippen LogP contribution is 2.26. The lowest BCUT2D eigenvalue weighted by Crippen LogP contribution is -2.01. The van der Waals surface area contributed by atoms with Crippen molar-refractivity contribution in [3.8, 4) is 11.3 Å². The molecule has 2 N–H and O–H groups in total. The number of aromatic nitrogens is 2. The molecule has 0 bridgehead atoms. The molecule has 1 aromatic heterocycles. The Morgan fingerprint density at radius 3 is 2.53 bits per heavy atom. The fourth-order valence-electron chi connectivity index (χ4n) is 1.92. The molecule has 5 heteroatoms. The highest BCUT2D eigenvalue weighted by Gasteiger charge is 2.14. The molecule has 1 aromatic carbocycles. The van der Waals surface area contributed by atoms with E-state index in [1.54, 1.807) is 0 Å². The van der Waals surface area contributed by atoms with E-state index in [-0.39, 0.29) is 6.42 Å². The minimum atomic E-state index is -0.879. The van der Waals surface area contributed by atoms with Crippen LogP contribution in [0.5, 0.6) is 0 Å². The van der Waals surface area contributed by atoms with E-state index in [0.717, 1.165) is 5.56 Å². The van der Waals surface area contributed by atoms with Gasteiger partial charge in [-0.1, -0.05) is 38.1 Å². The number of carboxylic acids is 1. The van der Waals surface area contributed by atoms with E-state index in [1.807, 2.05) is 24.3 Å². The van der Waals surface area contributed by atoms with Crippen LogP contribution >= 0.6 is 15.9 Å². The van der Waals surface area contributed by atoms with Gasteiger partial charge in [0.25, 0.3) is 0 Å². The van der Waals surface area contributed by atoms with Crippen LogP contribution in [-0.4, -0.2) is 21.0 Å². The quantitative estimate of drug-likeness (QED) is 0.904. The number of carboxylic acid groups (broad SMARTS) is 1. The molecule has 4 nitrogen and oxygen atoms in total. The number of carbonyl (C=O) groups is 1. The van der Waals surface area contributed by atoms with Crippen LogP contribution < -0.4 is 0 Å². The fourth-order valence-corrected chi connectivity index (χ4v) is 2.34. The molecule has 0 saturated carbocycles. The van der Waals surface area contributed by atoms with E-state index in [2.05, 4.69) is 39.7 Å². The third-order valence-corrected chi connectivity index (χ3v) is 3.30. The molecule has 2 aromatic rings. The van der Waals surface area contributed by atoms with Crippen molar-refractivity contribution in [3.05, 3.63) is 40.3 Å². The number of aromatic amines is 1. The minimum absolute atomic E-state index is 0.0696. The summed E-state index contributed by atoms with van der Waals surface area (Å²) in [6, 6.07) is 8.05. The van der Waals surface area contributed by atoms with Gasteiger partial charge in [-0.25, -0.2) is 4.98 Å². The van der Waals surface area contributed by atoms with Crippen molar-refractivity contribution in [2.75, 3.05) is 0 Å². The van der Waals surface area contributed by atoms with Crippen LogP contribution in [0.1, 0.15) is 31.0 Å². The Hall–Kier alpha value is -1.62. The molecule has 0 aliphatic carbocycles. The summed E-state index contributed by atoms with van der Waals surface area (Å²) in [7, 11) is 0. The Labute approximate surface area is 120 Å². The zero-order chi connectivity index (χ0) is 14.0. The standard InChI is InChI=1S/C14H15BrN2O2/c1-8(2)9-3-5-10(6-4-9)13-11(7-12(18)19)16-14(15)17-13/h3-6,8H,7H2,1-2H3,(H,16,17)(H,18,19). The maximum atomic E-state index is 10.8. The van der Waals surface area contributed by atoms with Crippen molar-refractivity contribution in [1.82, 2.24) is 9.97 Å². The summed E-state index contributed by atoms with van der Waals surface area (Å²) >= 11 is 3.25. The third-order valence-electron chi connectivity index (χ3n) is 2.93. The first kappa shape index (κ1) is 13.8. The Morgan fingerprint density at radius 2 is 2.00 bits per heavy atom. The smallest absolute Gasteiger partial charge is 0.309 e. The molecule has 0 unspecified atom stereocenters. The molecule has 0 amide bonds. The summed E-state index contributed by atoms with van der Waals surface area (Å²) in [6.07, 6.45) is -0.0696. The maximum Gasteiger partial charge on any atom is 0.309 e. The van der Waals surface area contributed by atoms with Gasteiger partial charge in [0.05, 0.1) is 17.8 Å². The summed E-state index contributed by atoms with van der Waals surface area (Å²) in [5, 5.41) is 8.90. The summed E-state index contributed by atoms with van der Waals surface area (Å²) < 4.78 is 0.548. The van der Waals surface area contributed by atoms with Crippen LogP contribution in [-0.2, 0) is 11.2 Å². The molecule has 0 spiro atoms. The number of nitrogens with one attached hydrogen (secondary N) is 1. The summed E-state index contributed by atoms with van der Waals surface area (Å²) in [6.45, 7) is 4.27. The molecule has 19 heavy (non-hydrogen) atoms. The second-order valence-corrected chi connectivity index (χ2v) is 5.45. The lowest BCUT2D eigenvalue weighted by atomic mass is 10.00. The molecule has 0 saturated heterocycles. The van der Waals surface area contributed by atoms with Gasteiger partial charge >= 0.3 is 5.97 Å². The molecular formula is C14H15BrN2O2. The Kier molecular flexibility index (Phi) is 4.04. The molecule has 0 aliphatic heterocycles. The lowest BCUT2D eigenvalue weighted by molar-refractivity contribution is -0.136. The Bertz CT molecular complexity index is 588. The van der Waals surface area contributed by atoms with E-state index >= 15 is 0 Å². The van der Waals surface area contributed by atoms with Gasteiger partial charge in [0, 0.05) is 5.56 Å². The van der Waals surface area contributed by atoms with E-state index in [4.69, 9.17) is 5.11 Å². The average molecular weight is 323 g/mol. The summed E-state index contributed by atoms with van der Waals surface area (Å²) in [5.41, 5.74) is 3.46. The van der Waals surface area contributed by atoms with Crippen molar-refractivity contribution in [2.24, 2.45) is 0 Å². The van der Waals surface area contributed by atoms with Crippen LogP contribution in [0.2, 0.25) is 0 Å². The second kappa shape index (κ2) is 5.57. The summed E-state index contributed by atoms with van der Waals surface area (Å²) in [5.74, 6) is -0.408. The Balaban J connectivity index is 2.38. The first-order valence-electron chi connectivity index (χ1n) is 6.04. The number of halogens is 1. The van der Waals surface area contributed by atoms with Gasteiger partial charge in [0.15, 0.2) is 4.73 Å². The molecule has 0 radical (unpaired) electrons. The van der Waals surface area contributed by atoms with Crippen LogP contribution in [0.25, 0.3) is 11.3 Å². The molecule has 0 fully saturated rings. The molecule has 0 atom stereocenters. The number of aliphatic carboxylic acids is 1. The Morgan fingerprint density at radius 1 is 1.37 bits per heavy atom. The van der Waals surface area contributed by atoms with Gasteiger partial charge in [-0.2, -0.15) is 0 Å². The van der Waals surface area contributed by atoms with E-state index in [9.17, 15) is 4.79 Å². The van der Waals surface area contributed by atoms with Crippen LogP contribution in [0, 0.1) is 0 Å². The topological polar surface area (TPSA) is 66.0 Å². The predicted molar refractivity (Wildman–Crippen MR) is 77.2 cm³/mol. The summed E-state index contributed by atoms with van der Waals surface area (Å²) in [4.78, 5) is 18.1. The van der Waals surface area contributed by atoms with Crippen molar-refractivity contribution < 1.29 is 9.90 Å². The zero-order valence-corrected chi connectivity index (χ0v) is 12.4. The van der Waals surface area contributed by atoms with Crippen molar-refractivity contribution in [3.63, 3.8) is 0 Å². The predicted octanol–water partition coefficient (Wildman–Crippen LogP) is 3.59. The third kappa shape index (κ3) is 3.23. The SMILES string of the molecule is CC(C)c1ccc(-c2nc(Br)[nH]c2CC(=O)O)cc1. The van der Waals surface area contributed by atoms with Gasteiger partial charge in [-0.3, -0.25) is 4.79 Å². The maximum absolute atomic E-state index is 10.8. The molecule has 100 valence electrons. The minimum Gasteiger partial charge on any atom is -0.481 e. The number of imidazole rings is 1. The van der Waals surface area contributed by atoms with Crippen molar-refractivity contribution in [2.45, 2.75) is 26.2 Å². The van der Waals surface area contributed by atoms with E-state index < -0.39 is 5.97 Å². The lowest BCUT2D eigenvalue weighted by Gasteiger charge is -2.06. The average Bonchev–Trinajstić information content (AvgIpc) is 2.69. The van der Waals surface area contributed by atoms with Gasteiger partial charge in [0.2, 0.25) is 0 Å². The number of hydrogen-bond acceptors (Lipinski definition) is 2. The molecule has 2 rings (SSSR count). The number of nitrogens with zero attached hydrogens (tertiary/aromatic N) is 1. The second-order valence-electron chi connectivity index (χ2n) is 4.70. The largest absolute Gasteiger partial charge is 0.481 e. The molecular weight excluding hydrogens is 308 g/mol. The highest BCUT2D eigenvalue weighted by atomic mass is 79.9. The zero-order valence-electron chi connectivity index (χ0n) is 10.8. The van der Waals surface area contributed by atoms with Gasteiger partial charge < -0.3 is 10.1 Å². The van der Waals surface area contributed by atoms with Crippen LogP contribution in [0.4, 0.5) is 0 Å². The molecule has 1 heterocycles. The van der Waals surface area contributed by atoms with Crippen LogP contribution in [0.15, 0.2) is 29.0 Å². The number of H-pyrrole nitrogens is 1. The van der Waals surface area contributed by atoms with Gasteiger partial charge in [0.1, 0.15) is 0 Å². The fraction of sp³-hybridized carbons (Fsp3) is 0.286. The molecule has 0 aliphatic rings. The van der Waals surface area contributed by atoms with E-state index in [0.29, 0.717) is 22.0 Å². The number of hydrogen-bond donors (Lipinski definition) is 2. The number of benzene rings is 1. The monoisotopic (exact) mass is 322 g/mol.